The van der Waals surface area contributed by atoms with E-state index in [1.807, 2.05) is 13.8 Å². The fourth-order valence-electron chi connectivity index (χ4n) is 5.73. The maximum atomic E-state index is 9.55. The third-order valence-electron chi connectivity index (χ3n) is 8.56. The van der Waals surface area contributed by atoms with Crippen molar-refractivity contribution in [2.45, 2.75) is 40.0 Å². The SMILES string of the molecule is CCOCCn1c(CN2CCNCC2)nc2cncnc21.CCOCCn1c(CN2CCNCC2)nc2cncnc21.O=C(O)C=CC(=O)O.O=C(O)C=CC(=O)O.O=C(O)C=CC(=O)O. The van der Waals surface area contributed by atoms with E-state index >= 15 is 0 Å². The molecule has 26 heteroatoms. The number of hydrogen-bond acceptors (Lipinski definition) is 18. The number of carboxylic acid groups (broad SMARTS) is 6. The van der Waals surface area contributed by atoms with Crippen LogP contribution in [0, 0.1) is 0 Å². The van der Waals surface area contributed by atoms with Crippen LogP contribution >= 0.6 is 0 Å². The molecular formula is C40H56N12O14. The van der Waals surface area contributed by atoms with Gasteiger partial charge in [0, 0.05) is 115 Å². The van der Waals surface area contributed by atoms with E-state index in [0.29, 0.717) is 49.7 Å². The molecule has 0 aromatic carbocycles. The van der Waals surface area contributed by atoms with Crippen molar-refractivity contribution >= 4 is 58.1 Å². The van der Waals surface area contributed by atoms with Gasteiger partial charge in [0.1, 0.15) is 35.3 Å². The highest BCUT2D eigenvalue weighted by molar-refractivity contribution is 5.90. The molecule has 66 heavy (non-hydrogen) atoms. The number of aliphatic carboxylic acids is 6. The van der Waals surface area contributed by atoms with Crippen LogP contribution in [0.3, 0.4) is 0 Å². The molecule has 0 radical (unpaired) electrons. The third kappa shape index (κ3) is 23.0. The highest BCUT2D eigenvalue weighted by Gasteiger charge is 2.18. The lowest BCUT2D eigenvalue weighted by Crippen LogP contribution is -2.43. The maximum Gasteiger partial charge on any atom is 0.328 e. The largest absolute Gasteiger partial charge is 0.478 e. The van der Waals surface area contributed by atoms with Crippen molar-refractivity contribution < 1.29 is 68.9 Å². The van der Waals surface area contributed by atoms with Gasteiger partial charge in [0.2, 0.25) is 0 Å². The van der Waals surface area contributed by atoms with Crippen LogP contribution in [0.2, 0.25) is 0 Å². The molecule has 4 aromatic rings. The predicted molar refractivity (Wildman–Crippen MR) is 233 cm³/mol. The first-order valence-electron chi connectivity index (χ1n) is 20.4. The standard InChI is InChI=1S/2C14H22N6O.3C4H4O4/c2*1-2-21-8-7-20-13(10-19-5-3-15-4-6-19)18-12-9-16-11-17-14(12)20;3*5-3(6)1-2-4(7)8/h2*9,11,15H,2-8,10H2,1H3;3*1-2H,(H,5,6)(H,7,8). The molecule has 2 saturated heterocycles. The van der Waals surface area contributed by atoms with Crippen LogP contribution in [0.15, 0.2) is 61.5 Å². The predicted octanol–water partition coefficient (Wildman–Crippen LogP) is -0.329. The molecule has 0 unspecified atom stereocenters. The number of piperazine rings is 2. The molecule has 0 aliphatic carbocycles. The van der Waals surface area contributed by atoms with Gasteiger partial charge in [-0.2, -0.15) is 0 Å². The number of carbonyl (C=O) groups is 6. The number of rotatable bonds is 18. The Kier molecular flexibility index (Phi) is 26.4. The minimum atomic E-state index is -1.26. The molecule has 4 aromatic heterocycles. The van der Waals surface area contributed by atoms with Gasteiger partial charge in [0.25, 0.3) is 0 Å². The molecule has 0 spiro atoms. The van der Waals surface area contributed by atoms with Crippen molar-refractivity contribution in [1.82, 2.24) is 59.5 Å². The molecule has 26 nitrogen and oxygen atoms in total. The molecule has 360 valence electrons. The lowest BCUT2D eigenvalue weighted by molar-refractivity contribution is -0.134. The Balaban J connectivity index is 0.000000309. The average Bonchev–Trinajstić information content (AvgIpc) is 3.82. The molecule has 2 aliphatic heterocycles. The van der Waals surface area contributed by atoms with E-state index in [1.54, 1.807) is 25.0 Å². The van der Waals surface area contributed by atoms with Gasteiger partial charge in [0.05, 0.1) is 38.7 Å². The van der Waals surface area contributed by atoms with Crippen LogP contribution in [0.25, 0.3) is 22.3 Å². The van der Waals surface area contributed by atoms with E-state index in [4.69, 9.17) is 50.1 Å². The van der Waals surface area contributed by atoms with Gasteiger partial charge in [-0.1, -0.05) is 0 Å². The number of hydrogen-bond donors (Lipinski definition) is 8. The van der Waals surface area contributed by atoms with Crippen LogP contribution in [-0.4, -0.2) is 194 Å². The summed E-state index contributed by atoms with van der Waals surface area (Å²) >= 11 is 0. The van der Waals surface area contributed by atoms with Gasteiger partial charge in [-0.15, -0.1) is 0 Å². The number of nitrogens with zero attached hydrogens (tertiary/aromatic N) is 10. The molecule has 0 bridgehead atoms. The monoisotopic (exact) mass is 928 g/mol. The van der Waals surface area contributed by atoms with Crippen LogP contribution < -0.4 is 10.6 Å². The van der Waals surface area contributed by atoms with Crippen molar-refractivity contribution in [2.75, 3.05) is 78.8 Å². The molecule has 0 amide bonds. The summed E-state index contributed by atoms with van der Waals surface area (Å²) in [7, 11) is 0. The minimum Gasteiger partial charge on any atom is -0.478 e. The first-order valence-corrected chi connectivity index (χ1v) is 20.4. The van der Waals surface area contributed by atoms with E-state index in [1.165, 1.54) is 0 Å². The first kappa shape index (κ1) is 55.0. The summed E-state index contributed by atoms with van der Waals surface area (Å²) in [6.07, 6.45) is 10.1. The van der Waals surface area contributed by atoms with Crippen molar-refractivity contribution in [3.8, 4) is 0 Å². The molecule has 0 atom stereocenters. The highest BCUT2D eigenvalue weighted by atomic mass is 16.5. The Morgan fingerprint density at radius 3 is 1.12 bits per heavy atom. The fourth-order valence-corrected chi connectivity index (χ4v) is 5.73. The Bertz CT molecular complexity index is 2000. The number of imidazole rings is 2. The van der Waals surface area contributed by atoms with Gasteiger partial charge >= 0.3 is 35.8 Å². The van der Waals surface area contributed by atoms with Crippen molar-refractivity contribution in [3.63, 3.8) is 0 Å². The molecular weight excluding hydrogens is 873 g/mol. The highest BCUT2D eigenvalue weighted by Crippen LogP contribution is 2.16. The molecule has 2 fully saturated rings. The second kappa shape index (κ2) is 31.7. The summed E-state index contributed by atoms with van der Waals surface area (Å²) in [6, 6.07) is 0. The lowest BCUT2D eigenvalue weighted by Gasteiger charge is -2.26. The van der Waals surface area contributed by atoms with Crippen LogP contribution in [0.4, 0.5) is 0 Å². The molecule has 2 aliphatic rings. The number of carboxylic acids is 6. The quantitative estimate of drug-likeness (QED) is 0.0468. The smallest absolute Gasteiger partial charge is 0.328 e. The number of ether oxygens (including phenoxy) is 2. The second-order valence-electron chi connectivity index (χ2n) is 13.3. The van der Waals surface area contributed by atoms with Gasteiger partial charge in [-0.25, -0.2) is 58.7 Å². The average molecular weight is 929 g/mol. The van der Waals surface area contributed by atoms with Crippen LogP contribution in [0.5, 0.6) is 0 Å². The molecule has 0 saturated carbocycles. The maximum absolute atomic E-state index is 9.55. The Hall–Kier alpha value is -7.10. The number of fused-ring (bicyclic) bond motifs is 2. The van der Waals surface area contributed by atoms with Gasteiger partial charge < -0.3 is 59.9 Å². The van der Waals surface area contributed by atoms with E-state index in [-0.39, 0.29) is 0 Å². The topological polar surface area (TPSA) is 360 Å². The third-order valence-corrected chi connectivity index (χ3v) is 8.56. The summed E-state index contributed by atoms with van der Waals surface area (Å²) in [4.78, 5) is 88.5. The molecule has 6 heterocycles. The summed E-state index contributed by atoms with van der Waals surface area (Å²) in [5, 5.41) is 53.6. The lowest BCUT2D eigenvalue weighted by atomic mass is 10.3. The van der Waals surface area contributed by atoms with Gasteiger partial charge in [-0.05, 0) is 13.8 Å². The van der Waals surface area contributed by atoms with Crippen molar-refractivity contribution in [2.24, 2.45) is 0 Å². The zero-order valence-electron chi connectivity index (χ0n) is 36.5. The van der Waals surface area contributed by atoms with Gasteiger partial charge in [0.15, 0.2) is 11.3 Å². The van der Waals surface area contributed by atoms with Crippen molar-refractivity contribution in [3.05, 3.63) is 73.2 Å². The zero-order valence-corrected chi connectivity index (χ0v) is 36.5. The van der Waals surface area contributed by atoms with Crippen molar-refractivity contribution in [1.29, 1.82) is 0 Å². The van der Waals surface area contributed by atoms with Gasteiger partial charge in [-0.3, -0.25) is 9.80 Å². The van der Waals surface area contributed by atoms with E-state index in [9.17, 15) is 28.8 Å². The first-order chi connectivity index (χ1) is 31.6. The summed E-state index contributed by atoms with van der Waals surface area (Å²) in [5.41, 5.74) is 3.52. The van der Waals surface area contributed by atoms with E-state index in [0.717, 1.165) is 126 Å². The van der Waals surface area contributed by atoms with E-state index < -0.39 is 35.8 Å². The number of nitrogens with one attached hydrogen (secondary N) is 2. The summed E-state index contributed by atoms with van der Waals surface area (Å²) in [5.74, 6) is -5.45. The molecule has 8 N–H and O–H groups in total. The normalized spacial score (nSPS) is 14.0. The fraction of sp³-hybridized carbons (Fsp3) is 0.450. The van der Waals surface area contributed by atoms with E-state index in [2.05, 4.69) is 49.5 Å². The van der Waals surface area contributed by atoms with Crippen LogP contribution in [-0.2, 0) is 64.4 Å². The molecule has 6 rings (SSSR count). The summed E-state index contributed by atoms with van der Waals surface area (Å²) in [6.45, 7) is 18.5. The zero-order chi connectivity index (χ0) is 48.7. The summed E-state index contributed by atoms with van der Waals surface area (Å²) < 4.78 is 15.3. The Morgan fingerprint density at radius 2 is 0.848 bits per heavy atom. The van der Waals surface area contributed by atoms with Crippen LogP contribution in [0.1, 0.15) is 25.5 Å². The number of aromatic nitrogens is 8. The second-order valence-corrected chi connectivity index (χ2v) is 13.3. The minimum absolute atomic E-state index is 0.558. The Labute approximate surface area is 377 Å². The Morgan fingerprint density at radius 1 is 0.545 bits per heavy atom.